The molecule has 5 nitrogen and oxygen atoms in total. The second kappa shape index (κ2) is 8.92. The third kappa shape index (κ3) is 5.13. The zero-order valence-electron chi connectivity index (χ0n) is 14.9. The molecule has 134 valence electrons. The molecule has 0 radical (unpaired) electrons. The van der Waals surface area contributed by atoms with Crippen LogP contribution in [0.15, 0.2) is 24.3 Å². The van der Waals surface area contributed by atoms with E-state index in [2.05, 4.69) is 10.6 Å². The average Bonchev–Trinajstić information content (AvgIpc) is 2.61. The predicted molar refractivity (Wildman–Crippen MR) is 98.3 cm³/mol. The van der Waals surface area contributed by atoms with Gasteiger partial charge in [0.05, 0.1) is 0 Å². The second-order valence-electron chi connectivity index (χ2n) is 6.79. The lowest BCUT2D eigenvalue weighted by atomic mass is 9.79. The molecule has 4 N–H and O–H groups in total. The zero-order valence-corrected chi connectivity index (χ0v) is 14.9. The van der Waals surface area contributed by atoms with Crippen LogP contribution in [0.3, 0.4) is 0 Å². The van der Waals surface area contributed by atoms with Crippen LogP contribution in [0.1, 0.15) is 45.4 Å². The van der Waals surface area contributed by atoms with Gasteiger partial charge in [-0.3, -0.25) is 4.79 Å². The van der Waals surface area contributed by atoms with Crippen molar-refractivity contribution in [3.63, 3.8) is 0 Å². The van der Waals surface area contributed by atoms with E-state index < -0.39 is 5.54 Å². The monoisotopic (exact) mass is 333 g/mol. The van der Waals surface area contributed by atoms with Crippen LogP contribution < -0.4 is 21.1 Å². The highest BCUT2D eigenvalue weighted by atomic mass is 16.5. The minimum absolute atomic E-state index is 0.143. The SMILES string of the molecule is CCNc1cccc(OCC(N)(CC2CCCCC2)C(=O)NC)c1. The topological polar surface area (TPSA) is 76.4 Å². The molecular formula is C19H31N3O2. The molecule has 5 heteroatoms. The quantitative estimate of drug-likeness (QED) is 0.684. The number of ether oxygens (including phenoxy) is 1. The summed E-state index contributed by atoms with van der Waals surface area (Å²) in [5.41, 5.74) is 6.50. The van der Waals surface area contributed by atoms with E-state index in [4.69, 9.17) is 10.5 Å². The van der Waals surface area contributed by atoms with E-state index in [1.54, 1.807) is 7.05 Å². The fourth-order valence-corrected chi connectivity index (χ4v) is 3.48. The summed E-state index contributed by atoms with van der Waals surface area (Å²) in [5, 5.41) is 5.96. The third-order valence-electron chi connectivity index (χ3n) is 4.77. The minimum Gasteiger partial charge on any atom is -0.491 e. The molecular weight excluding hydrogens is 302 g/mol. The lowest BCUT2D eigenvalue weighted by Crippen LogP contribution is -2.58. The van der Waals surface area contributed by atoms with Crippen molar-refractivity contribution in [2.24, 2.45) is 11.7 Å². The van der Waals surface area contributed by atoms with Crippen LogP contribution in [0.2, 0.25) is 0 Å². The van der Waals surface area contributed by atoms with Crippen LogP contribution in [0.4, 0.5) is 5.69 Å². The maximum absolute atomic E-state index is 12.4. The number of nitrogens with two attached hydrogens (primary N) is 1. The highest BCUT2D eigenvalue weighted by Gasteiger charge is 2.37. The van der Waals surface area contributed by atoms with Gasteiger partial charge in [0.2, 0.25) is 5.91 Å². The number of rotatable bonds is 8. The number of nitrogens with one attached hydrogen (secondary N) is 2. The summed E-state index contributed by atoms with van der Waals surface area (Å²) in [6.07, 6.45) is 6.76. The number of amides is 1. The number of likely N-dealkylation sites (N-methyl/N-ethyl adjacent to an activating group) is 1. The Morgan fingerprint density at radius 3 is 2.75 bits per heavy atom. The van der Waals surface area contributed by atoms with Gasteiger partial charge in [-0.25, -0.2) is 0 Å². The Bertz CT molecular complexity index is 529. The molecule has 1 aliphatic carbocycles. The number of benzene rings is 1. The summed E-state index contributed by atoms with van der Waals surface area (Å²) < 4.78 is 5.90. The van der Waals surface area contributed by atoms with Gasteiger partial charge in [-0.15, -0.1) is 0 Å². The Balaban J connectivity index is 2.02. The fourth-order valence-electron chi connectivity index (χ4n) is 3.48. The average molecular weight is 333 g/mol. The van der Waals surface area contributed by atoms with E-state index in [9.17, 15) is 4.79 Å². The molecule has 0 spiro atoms. The van der Waals surface area contributed by atoms with E-state index >= 15 is 0 Å². The Kier molecular flexibility index (Phi) is 6.91. The maximum atomic E-state index is 12.4. The molecule has 0 heterocycles. The van der Waals surface area contributed by atoms with Gasteiger partial charge in [0.1, 0.15) is 17.9 Å². The van der Waals surface area contributed by atoms with Crippen LogP contribution in [-0.4, -0.2) is 31.6 Å². The van der Waals surface area contributed by atoms with Crippen molar-refractivity contribution in [3.8, 4) is 5.75 Å². The molecule has 0 bridgehead atoms. The first-order chi connectivity index (χ1) is 11.6. The summed E-state index contributed by atoms with van der Waals surface area (Å²) in [6, 6.07) is 7.76. The van der Waals surface area contributed by atoms with Gasteiger partial charge in [0.15, 0.2) is 0 Å². The molecule has 24 heavy (non-hydrogen) atoms. The second-order valence-corrected chi connectivity index (χ2v) is 6.79. The van der Waals surface area contributed by atoms with Gasteiger partial charge in [0, 0.05) is 25.3 Å². The lowest BCUT2D eigenvalue weighted by Gasteiger charge is -2.33. The van der Waals surface area contributed by atoms with Crippen molar-refractivity contribution >= 4 is 11.6 Å². The third-order valence-corrected chi connectivity index (χ3v) is 4.77. The lowest BCUT2D eigenvalue weighted by molar-refractivity contribution is -0.127. The molecule has 0 saturated heterocycles. The molecule has 1 aromatic rings. The van der Waals surface area contributed by atoms with Crippen molar-refractivity contribution < 1.29 is 9.53 Å². The van der Waals surface area contributed by atoms with Crippen LogP contribution >= 0.6 is 0 Å². The van der Waals surface area contributed by atoms with Crippen LogP contribution in [-0.2, 0) is 4.79 Å². The van der Waals surface area contributed by atoms with Gasteiger partial charge in [-0.2, -0.15) is 0 Å². The molecule has 0 aromatic heterocycles. The summed E-state index contributed by atoms with van der Waals surface area (Å²) in [6.45, 7) is 3.09. The zero-order chi connectivity index (χ0) is 17.4. The first kappa shape index (κ1) is 18.6. The molecule has 1 fully saturated rings. The van der Waals surface area contributed by atoms with Crippen LogP contribution in [0, 0.1) is 5.92 Å². The predicted octanol–water partition coefficient (Wildman–Crippen LogP) is 2.91. The molecule has 1 saturated carbocycles. The number of hydrogen-bond donors (Lipinski definition) is 3. The van der Waals surface area contributed by atoms with Crippen LogP contribution in [0.25, 0.3) is 0 Å². The van der Waals surface area contributed by atoms with Crippen LogP contribution in [0.5, 0.6) is 5.75 Å². The van der Waals surface area contributed by atoms with E-state index in [1.807, 2.05) is 31.2 Å². The smallest absolute Gasteiger partial charge is 0.243 e. The van der Waals surface area contributed by atoms with Gasteiger partial charge < -0.3 is 21.1 Å². The molecule has 1 aromatic carbocycles. The molecule has 1 aliphatic rings. The number of anilines is 1. The van der Waals surface area contributed by atoms with Crippen molar-refractivity contribution in [2.45, 2.75) is 51.0 Å². The van der Waals surface area contributed by atoms with Crippen molar-refractivity contribution in [3.05, 3.63) is 24.3 Å². The fraction of sp³-hybridized carbons (Fsp3) is 0.632. The largest absolute Gasteiger partial charge is 0.491 e. The maximum Gasteiger partial charge on any atom is 0.243 e. The molecule has 1 unspecified atom stereocenters. The molecule has 1 atom stereocenters. The summed E-state index contributed by atoms with van der Waals surface area (Å²) in [4.78, 5) is 12.4. The highest BCUT2D eigenvalue weighted by Crippen LogP contribution is 2.30. The number of carbonyl (C=O) groups is 1. The van der Waals surface area contributed by atoms with E-state index in [0.717, 1.165) is 30.8 Å². The Labute approximate surface area is 145 Å². The van der Waals surface area contributed by atoms with E-state index in [1.165, 1.54) is 19.3 Å². The Morgan fingerprint density at radius 2 is 2.08 bits per heavy atom. The standard InChI is InChI=1S/C19H31N3O2/c1-3-22-16-10-7-11-17(12-16)24-14-19(20,18(23)21-2)13-15-8-5-4-6-9-15/h7,10-12,15,22H,3-6,8-9,13-14,20H2,1-2H3,(H,21,23). The van der Waals surface area contributed by atoms with Crippen molar-refractivity contribution in [1.29, 1.82) is 0 Å². The number of hydrogen-bond acceptors (Lipinski definition) is 4. The van der Waals surface area contributed by atoms with Gasteiger partial charge in [-0.05, 0) is 31.4 Å². The first-order valence-corrected chi connectivity index (χ1v) is 9.05. The highest BCUT2D eigenvalue weighted by molar-refractivity contribution is 5.86. The van der Waals surface area contributed by atoms with E-state index in [0.29, 0.717) is 12.3 Å². The van der Waals surface area contributed by atoms with Crippen molar-refractivity contribution in [1.82, 2.24) is 5.32 Å². The summed E-state index contributed by atoms with van der Waals surface area (Å²) >= 11 is 0. The summed E-state index contributed by atoms with van der Waals surface area (Å²) in [5.74, 6) is 1.10. The molecule has 2 rings (SSSR count). The molecule has 0 aliphatic heterocycles. The number of carbonyl (C=O) groups excluding carboxylic acids is 1. The Morgan fingerprint density at radius 1 is 1.33 bits per heavy atom. The van der Waals surface area contributed by atoms with E-state index in [-0.39, 0.29) is 12.5 Å². The Hall–Kier alpha value is -1.75. The van der Waals surface area contributed by atoms with Gasteiger partial charge in [-0.1, -0.05) is 38.2 Å². The first-order valence-electron chi connectivity index (χ1n) is 9.05. The van der Waals surface area contributed by atoms with Gasteiger partial charge >= 0.3 is 0 Å². The summed E-state index contributed by atoms with van der Waals surface area (Å²) in [7, 11) is 1.64. The van der Waals surface area contributed by atoms with Crippen molar-refractivity contribution in [2.75, 3.05) is 25.5 Å². The normalized spacial score (nSPS) is 17.8. The molecule has 1 amide bonds. The van der Waals surface area contributed by atoms with Gasteiger partial charge in [0.25, 0.3) is 0 Å². The minimum atomic E-state index is -0.981.